The molecular formula is C22H24N2O4. The van der Waals surface area contributed by atoms with Crippen LogP contribution in [0.1, 0.15) is 54.1 Å². The minimum atomic E-state index is -1.13. The van der Waals surface area contributed by atoms with Gasteiger partial charge in [0, 0.05) is 26.1 Å². The van der Waals surface area contributed by atoms with E-state index in [2.05, 4.69) is 17.2 Å². The van der Waals surface area contributed by atoms with Crippen LogP contribution in [0.2, 0.25) is 0 Å². The minimum absolute atomic E-state index is 0.159. The Morgan fingerprint density at radius 2 is 2.00 bits per heavy atom. The molecule has 1 aliphatic heterocycles. The van der Waals surface area contributed by atoms with Crippen LogP contribution in [-0.4, -0.2) is 34.0 Å². The summed E-state index contributed by atoms with van der Waals surface area (Å²) in [5.74, 6) is 5.65. The highest BCUT2D eigenvalue weighted by atomic mass is 16.3. The first-order valence-electron chi connectivity index (χ1n) is 9.30. The SMILES string of the molecule is CC(C)(O)C#Cc1ccc(C(=O)NCc2ccccc2CN2CCCC2=O)o1. The summed E-state index contributed by atoms with van der Waals surface area (Å²) in [7, 11) is 0. The van der Waals surface area contributed by atoms with E-state index in [0.717, 1.165) is 24.1 Å². The van der Waals surface area contributed by atoms with E-state index in [9.17, 15) is 14.7 Å². The zero-order chi connectivity index (χ0) is 20.1. The molecule has 0 bridgehead atoms. The number of nitrogens with zero attached hydrogens (tertiary/aromatic N) is 1. The van der Waals surface area contributed by atoms with E-state index in [1.165, 1.54) is 0 Å². The molecular weight excluding hydrogens is 356 g/mol. The molecule has 6 heteroatoms. The van der Waals surface area contributed by atoms with E-state index >= 15 is 0 Å². The molecule has 1 aliphatic rings. The Labute approximate surface area is 164 Å². The van der Waals surface area contributed by atoms with Gasteiger partial charge in [-0.3, -0.25) is 9.59 Å². The maximum Gasteiger partial charge on any atom is 0.287 e. The Morgan fingerprint density at radius 3 is 2.68 bits per heavy atom. The number of likely N-dealkylation sites (tertiary alicyclic amines) is 1. The van der Waals surface area contributed by atoms with E-state index < -0.39 is 5.60 Å². The van der Waals surface area contributed by atoms with Crippen molar-refractivity contribution in [1.29, 1.82) is 0 Å². The minimum Gasteiger partial charge on any atom is -0.443 e. The number of rotatable bonds is 5. The summed E-state index contributed by atoms with van der Waals surface area (Å²) in [6.45, 7) is 4.82. The normalized spacial score (nSPS) is 14.0. The van der Waals surface area contributed by atoms with Crippen LogP contribution < -0.4 is 5.32 Å². The van der Waals surface area contributed by atoms with Crippen molar-refractivity contribution < 1.29 is 19.1 Å². The average Bonchev–Trinajstić information content (AvgIpc) is 3.28. The lowest BCUT2D eigenvalue weighted by Gasteiger charge is -2.18. The first kappa shape index (κ1) is 19.7. The number of nitrogens with one attached hydrogen (secondary N) is 1. The van der Waals surface area contributed by atoms with Gasteiger partial charge in [-0.05, 0) is 49.4 Å². The molecule has 2 N–H and O–H groups in total. The number of hydrogen-bond donors (Lipinski definition) is 2. The van der Waals surface area contributed by atoms with Crippen LogP contribution in [0.3, 0.4) is 0 Å². The fourth-order valence-corrected chi connectivity index (χ4v) is 2.97. The molecule has 1 saturated heterocycles. The number of benzene rings is 1. The summed E-state index contributed by atoms with van der Waals surface area (Å²) in [5.41, 5.74) is 0.855. The lowest BCUT2D eigenvalue weighted by molar-refractivity contribution is -0.128. The first-order chi connectivity index (χ1) is 13.3. The molecule has 1 fully saturated rings. The average molecular weight is 380 g/mol. The number of hydrogen-bond acceptors (Lipinski definition) is 4. The summed E-state index contributed by atoms with van der Waals surface area (Å²) < 4.78 is 5.43. The van der Waals surface area contributed by atoms with Gasteiger partial charge < -0.3 is 19.7 Å². The molecule has 2 heterocycles. The van der Waals surface area contributed by atoms with Gasteiger partial charge >= 0.3 is 0 Å². The van der Waals surface area contributed by atoms with Gasteiger partial charge in [-0.25, -0.2) is 0 Å². The molecule has 0 aliphatic carbocycles. The molecule has 0 radical (unpaired) electrons. The fraction of sp³-hybridized carbons (Fsp3) is 0.364. The summed E-state index contributed by atoms with van der Waals surface area (Å²) >= 11 is 0. The third-order valence-corrected chi connectivity index (χ3v) is 4.41. The van der Waals surface area contributed by atoms with Gasteiger partial charge in [0.25, 0.3) is 5.91 Å². The largest absolute Gasteiger partial charge is 0.443 e. The summed E-state index contributed by atoms with van der Waals surface area (Å²) in [6, 6.07) is 10.9. The molecule has 1 aromatic heterocycles. The van der Waals surface area contributed by atoms with E-state index in [0.29, 0.717) is 25.3 Å². The van der Waals surface area contributed by atoms with Gasteiger partial charge in [0.2, 0.25) is 5.91 Å². The second-order valence-corrected chi connectivity index (χ2v) is 7.34. The zero-order valence-corrected chi connectivity index (χ0v) is 16.1. The van der Waals surface area contributed by atoms with Gasteiger partial charge in [0.05, 0.1) is 0 Å². The molecule has 0 spiro atoms. The number of amides is 2. The van der Waals surface area contributed by atoms with Crippen molar-refractivity contribution in [3.63, 3.8) is 0 Å². The maximum absolute atomic E-state index is 12.4. The Hall–Kier alpha value is -3.04. The van der Waals surface area contributed by atoms with Crippen molar-refractivity contribution in [3.05, 3.63) is 59.0 Å². The molecule has 146 valence electrons. The Kier molecular flexibility index (Phi) is 5.86. The van der Waals surface area contributed by atoms with E-state index in [1.807, 2.05) is 29.2 Å². The Bertz CT molecular complexity index is 928. The highest BCUT2D eigenvalue weighted by molar-refractivity contribution is 5.91. The molecule has 0 atom stereocenters. The predicted molar refractivity (Wildman–Crippen MR) is 104 cm³/mol. The summed E-state index contributed by atoms with van der Waals surface area (Å²) in [4.78, 5) is 26.1. The zero-order valence-electron chi connectivity index (χ0n) is 16.1. The van der Waals surface area contributed by atoms with Gasteiger partial charge in [-0.1, -0.05) is 30.2 Å². The molecule has 28 heavy (non-hydrogen) atoms. The van der Waals surface area contributed by atoms with Crippen LogP contribution in [0.15, 0.2) is 40.8 Å². The van der Waals surface area contributed by atoms with Crippen molar-refractivity contribution in [1.82, 2.24) is 10.2 Å². The van der Waals surface area contributed by atoms with Crippen LogP contribution in [0, 0.1) is 11.8 Å². The highest BCUT2D eigenvalue weighted by Crippen LogP contribution is 2.17. The third kappa shape index (κ3) is 5.24. The quantitative estimate of drug-likeness (QED) is 0.781. The highest BCUT2D eigenvalue weighted by Gasteiger charge is 2.21. The monoisotopic (exact) mass is 380 g/mol. The third-order valence-electron chi connectivity index (χ3n) is 4.41. The van der Waals surface area contributed by atoms with Crippen LogP contribution in [-0.2, 0) is 17.9 Å². The predicted octanol–water partition coefficient (Wildman–Crippen LogP) is 2.45. The number of furan rings is 1. The van der Waals surface area contributed by atoms with Crippen LogP contribution in [0.5, 0.6) is 0 Å². The van der Waals surface area contributed by atoms with Crippen molar-refractivity contribution in [2.75, 3.05) is 6.54 Å². The molecule has 0 saturated carbocycles. The van der Waals surface area contributed by atoms with Gasteiger partial charge in [0.15, 0.2) is 11.5 Å². The van der Waals surface area contributed by atoms with Crippen LogP contribution >= 0.6 is 0 Å². The topological polar surface area (TPSA) is 82.8 Å². The van der Waals surface area contributed by atoms with Gasteiger partial charge in [-0.2, -0.15) is 0 Å². The van der Waals surface area contributed by atoms with Crippen LogP contribution in [0.4, 0.5) is 0 Å². The number of aliphatic hydroxyl groups is 1. The molecule has 1 aromatic carbocycles. The van der Waals surface area contributed by atoms with E-state index in [-0.39, 0.29) is 17.6 Å². The van der Waals surface area contributed by atoms with Gasteiger partial charge in [0.1, 0.15) is 5.60 Å². The molecule has 2 amide bonds. The van der Waals surface area contributed by atoms with E-state index in [4.69, 9.17) is 4.42 Å². The second kappa shape index (κ2) is 8.32. The lowest BCUT2D eigenvalue weighted by Crippen LogP contribution is -2.26. The second-order valence-electron chi connectivity index (χ2n) is 7.34. The van der Waals surface area contributed by atoms with Crippen molar-refractivity contribution in [3.8, 4) is 11.8 Å². The first-order valence-corrected chi connectivity index (χ1v) is 9.30. The molecule has 3 rings (SSSR count). The van der Waals surface area contributed by atoms with Crippen LogP contribution in [0.25, 0.3) is 0 Å². The van der Waals surface area contributed by atoms with E-state index in [1.54, 1.807) is 26.0 Å². The number of carbonyl (C=O) groups is 2. The van der Waals surface area contributed by atoms with Crippen molar-refractivity contribution in [2.24, 2.45) is 0 Å². The smallest absolute Gasteiger partial charge is 0.287 e. The maximum atomic E-state index is 12.4. The Morgan fingerprint density at radius 1 is 1.25 bits per heavy atom. The fourth-order valence-electron chi connectivity index (χ4n) is 2.97. The lowest BCUT2D eigenvalue weighted by atomic mass is 10.1. The van der Waals surface area contributed by atoms with Crippen molar-refractivity contribution in [2.45, 2.75) is 45.4 Å². The molecule has 0 unspecified atom stereocenters. The molecule has 6 nitrogen and oxygen atoms in total. The Balaban J connectivity index is 1.63. The van der Waals surface area contributed by atoms with Gasteiger partial charge in [-0.15, -0.1) is 0 Å². The molecule has 2 aromatic rings. The standard InChI is InChI=1S/C22H24N2O4/c1-22(2,27)12-11-18-9-10-19(28-18)21(26)23-14-16-6-3-4-7-17(16)15-24-13-5-8-20(24)25/h3-4,6-7,9-10,27H,5,8,13-15H2,1-2H3,(H,23,26). The summed E-state index contributed by atoms with van der Waals surface area (Å²) in [5, 5.41) is 12.5. The number of carbonyl (C=O) groups excluding carboxylic acids is 2. The van der Waals surface area contributed by atoms with Crippen molar-refractivity contribution >= 4 is 11.8 Å². The summed E-state index contributed by atoms with van der Waals surface area (Å²) in [6.07, 6.45) is 1.50.